The van der Waals surface area contributed by atoms with E-state index in [2.05, 4.69) is 10.6 Å². The third-order valence-electron chi connectivity index (χ3n) is 3.70. The smallest absolute Gasteiger partial charge is 0.262 e. The molecule has 0 aliphatic heterocycles. The molecule has 2 aromatic rings. The van der Waals surface area contributed by atoms with E-state index in [4.69, 9.17) is 4.74 Å². The van der Waals surface area contributed by atoms with E-state index >= 15 is 0 Å². The molecule has 0 radical (unpaired) electrons. The molecule has 126 valence electrons. The summed E-state index contributed by atoms with van der Waals surface area (Å²) in [6.07, 6.45) is 0. The maximum atomic E-state index is 12.1. The van der Waals surface area contributed by atoms with Crippen molar-refractivity contribution in [2.45, 2.75) is 20.8 Å². The van der Waals surface area contributed by atoms with Crippen molar-refractivity contribution in [2.24, 2.45) is 0 Å². The van der Waals surface area contributed by atoms with Crippen molar-refractivity contribution in [3.8, 4) is 5.75 Å². The maximum Gasteiger partial charge on any atom is 0.262 e. The van der Waals surface area contributed by atoms with Gasteiger partial charge in [-0.1, -0.05) is 24.3 Å². The zero-order chi connectivity index (χ0) is 17.5. The molecule has 0 aromatic heterocycles. The number of nitrogens with one attached hydrogen (secondary N) is 2. The molecule has 2 rings (SSSR count). The number of benzene rings is 2. The summed E-state index contributed by atoms with van der Waals surface area (Å²) in [5, 5.41) is 5.45. The number of hydrogen-bond acceptors (Lipinski definition) is 3. The maximum absolute atomic E-state index is 12.1. The second-order valence-corrected chi connectivity index (χ2v) is 5.44. The number of ether oxygens (including phenoxy) is 1. The number of amides is 2. The van der Waals surface area contributed by atoms with Crippen LogP contribution in [-0.2, 0) is 4.79 Å². The Balaban J connectivity index is 2.03. The fraction of sp³-hybridized carbons (Fsp3) is 0.263. The lowest BCUT2D eigenvalue weighted by molar-refractivity contribution is -0.118. The second-order valence-electron chi connectivity index (χ2n) is 5.44. The Morgan fingerprint density at radius 2 is 1.79 bits per heavy atom. The highest BCUT2D eigenvalue weighted by Gasteiger charge is 2.13. The summed E-state index contributed by atoms with van der Waals surface area (Å²) in [5.41, 5.74) is 3.01. The second kappa shape index (κ2) is 8.15. The van der Waals surface area contributed by atoms with Crippen LogP contribution in [0.1, 0.15) is 28.4 Å². The summed E-state index contributed by atoms with van der Waals surface area (Å²) in [6, 6.07) is 12.6. The molecular formula is C19H22N2O3. The third-order valence-corrected chi connectivity index (χ3v) is 3.70. The minimum absolute atomic E-state index is 0.117. The van der Waals surface area contributed by atoms with Gasteiger partial charge >= 0.3 is 0 Å². The van der Waals surface area contributed by atoms with Gasteiger partial charge in [-0.15, -0.1) is 0 Å². The van der Waals surface area contributed by atoms with Crippen LogP contribution < -0.4 is 15.4 Å². The van der Waals surface area contributed by atoms with E-state index in [9.17, 15) is 9.59 Å². The zero-order valence-corrected chi connectivity index (χ0v) is 14.2. The Morgan fingerprint density at radius 1 is 1.04 bits per heavy atom. The summed E-state index contributed by atoms with van der Waals surface area (Å²) in [7, 11) is 0. The van der Waals surface area contributed by atoms with Crippen LogP contribution in [-0.4, -0.2) is 25.0 Å². The molecule has 0 fully saturated rings. The monoisotopic (exact) mass is 326 g/mol. The number of rotatable bonds is 6. The van der Waals surface area contributed by atoms with Crippen LogP contribution in [0.15, 0.2) is 42.5 Å². The van der Waals surface area contributed by atoms with E-state index < -0.39 is 0 Å². The van der Waals surface area contributed by atoms with Crippen molar-refractivity contribution in [1.29, 1.82) is 0 Å². The van der Waals surface area contributed by atoms with E-state index in [1.807, 2.05) is 39.0 Å². The molecule has 0 saturated heterocycles. The Morgan fingerprint density at radius 3 is 2.54 bits per heavy atom. The van der Waals surface area contributed by atoms with Crippen molar-refractivity contribution in [3.63, 3.8) is 0 Å². The van der Waals surface area contributed by atoms with Gasteiger partial charge in [-0.05, 0) is 50.1 Å². The standard InChI is InChI=1S/C19H22N2O3/c1-4-20-19(23)15-9-5-6-10-16(15)21-18(22)12-24-17-11-7-8-13(2)14(17)3/h5-11H,4,12H2,1-3H3,(H,20,23)(H,21,22). The van der Waals surface area contributed by atoms with Crippen molar-refractivity contribution in [1.82, 2.24) is 5.32 Å². The average molecular weight is 326 g/mol. The molecule has 0 spiro atoms. The van der Waals surface area contributed by atoms with Gasteiger partial charge in [0.25, 0.3) is 11.8 Å². The molecule has 2 amide bonds. The SMILES string of the molecule is CCNC(=O)c1ccccc1NC(=O)COc1cccc(C)c1C. The molecule has 5 nitrogen and oxygen atoms in total. The largest absolute Gasteiger partial charge is 0.483 e. The first kappa shape index (κ1) is 17.5. The summed E-state index contributed by atoms with van der Waals surface area (Å²) in [5.74, 6) is 0.152. The Hall–Kier alpha value is -2.82. The van der Waals surface area contributed by atoms with E-state index in [0.29, 0.717) is 23.5 Å². The van der Waals surface area contributed by atoms with Gasteiger partial charge < -0.3 is 15.4 Å². The van der Waals surface area contributed by atoms with Crippen LogP contribution >= 0.6 is 0 Å². The highest BCUT2D eigenvalue weighted by molar-refractivity contribution is 6.04. The number of hydrogen-bond donors (Lipinski definition) is 2. The molecule has 0 unspecified atom stereocenters. The summed E-state index contributed by atoms with van der Waals surface area (Å²) in [6.45, 7) is 6.19. The lowest BCUT2D eigenvalue weighted by Crippen LogP contribution is -2.26. The van der Waals surface area contributed by atoms with E-state index in [1.165, 1.54) is 0 Å². The van der Waals surface area contributed by atoms with Gasteiger partial charge in [-0.2, -0.15) is 0 Å². The fourth-order valence-corrected chi connectivity index (χ4v) is 2.26. The summed E-state index contributed by atoms with van der Waals surface area (Å²) in [4.78, 5) is 24.2. The molecule has 2 aromatic carbocycles. The first-order valence-electron chi connectivity index (χ1n) is 7.89. The average Bonchev–Trinajstić information content (AvgIpc) is 2.57. The molecule has 0 aliphatic rings. The number of carbonyl (C=O) groups excluding carboxylic acids is 2. The zero-order valence-electron chi connectivity index (χ0n) is 14.2. The van der Waals surface area contributed by atoms with Gasteiger partial charge in [-0.3, -0.25) is 9.59 Å². The van der Waals surface area contributed by atoms with Crippen molar-refractivity contribution >= 4 is 17.5 Å². The van der Waals surface area contributed by atoms with E-state index in [0.717, 1.165) is 11.1 Å². The lowest BCUT2D eigenvalue weighted by atomic mass is 10.1. The topological polar surface area (TPSA) is 67.4 Å². The van der Waals surface area contributed by atoms with Crippen LogP contribution in [0.2, 0.25) is 0 Å². The minimum atomic E-state index is -0.312. The molecule has 2 N–H and O–H groups in total. The predicted octanol–water partition coefficient (Wildman–Crippen LogP) is 3.07. The Kier molecular flexibility index (Phi) is 5.95. The first-order valence-corrected chi connectivity index (χ1v) is 7.89. The van der Waals surface area contributed by atoms with E-state index in [1.54, 1.807) is 24.3 Å². The van der Waals surface area contributed by atoms with Crippen LogP contribution in [0.5, 0.6) is 5.75 Å². The van der Waals surface area contributed by atoms with Crippen LogP contribution in [0.3, 0.4) is 0 Å². The quantitative estimate of drug-likeness (QED) is 0.857. The molecule has 0 saturated carbocycles. The van der Waals surface area contributed by atoms with Crippen molar-refractivity contribution in [3.05, 3.63) is 59.2 Å². The Bertz CT molecular complexity index is 741. The molecule has 24 heavy (non-hydrogen) atoms. The van der Waals surface area contributed by atoms with Gasteiger partial charge in [0.05, 0.1) is 11.3 Å². The van der Waals surface area contributed by atoms with Gasteiger partial charge in [-0.25, -0.2) is 0 Å². The minimum Gasteiger partial charge on any atom is -0.483 e. The predicted molar refractivity (Wildman–Crippen MR) is 94.5 cm³/mol. The lowest BCUT2D eigenvalue weighted by Gasteiger charge is -2.13. The summed E-state index contributed by atoms with van der Waals surface area (Å²) < 4.78 is 5.59. The summed E-state index contributed by atoms with van der Waals surface area (Å²) >= 11 is 0. The van der Waals surface area contributed by atoms with Crippen LogP contribution in [0, 0.1) is 13.8 Å². The first-order chi connectivity index (χ1) is 11.5. The van der Waals surface area contributed by atoms with Gasteiger partial charge in [0, 0.05) is 6.54 Å². The van der Waals surface area contributed by atoms with Gasteiger partial charge in [0.1, 0.15) is 5.75 Å². The number of anilines is 1. The molecule has 0 heterocycles. The van der Waals surface area contributed by atoms with Gasteiger partial charge in [0.15, 0.2) is 6.61 Å². The van der Waals surface area contributed by atoms with Crippen molar-refractivity contribution in [2.75, 3.05) is 18.5 Å². The highest BCUT2D eigenvalue weighted by atomic mass is 16.5. The fourth-order valence-electron chi connectivity index (χ4n) is 2.26. The number of aryl methyl sites for hydroxylation is 1. The van der Waals surface area contributed by atoms with E-state index in [-0.39, 0.29) is 18.4 Å². The Labute approximate surface area is 142 Å². The third kappa shape index (κ3) is 4.35. The van der Waals surface area contributed by atoms with Crippen molar-refractivity contribution < 1.29 is 14.3 Å². The molecule has 5 heteroatoms. The molecule has 0 bridgehead atoms. The number of para-hydroxylation sites is 1. The van der Waals surface area contributed by atoms with Crippen LogP contribution in [0.4, 0.5) is 5.69 Å². The normalized spacial score (nSPS) is 10.1. The molecular weight excluding hydrogens is 304 g/mol. The van der Waals surface area contributed by atoms with Crippen LogP contribution in [0.25, 0.3) is 0 Å². The number of carbonyl (C=O) groups is 2. The molecule has 0 aliphatic carbocycles. The van der Waals surface area contributed by atoms with Gasteiger partial charge in [0.2, 0.25) is 0 Å². The molecule has 0 atom stereocenters. The highest BCUT2D eigenvalue weighted by Crippen LogP contribution is 2.20.